The van der Waals surface area contributed by atoms with Crippen molar-refractivity contribution in [2.75, 3.05) is 0 Å². The smallest absolute Gasteiger partial charge is 0.000718 e. The Labute approximate surface area is 336 Å². The van der Waals surface area contributed by atoms with Gasteiger partial charge in [-0.3, -0.25) is 0 Å². The van der Waals surface area contributed by atoms with Crippen molar-refractivity contribution < 1.29 is 0 Å². The molecule has 0 atom stereocenters. The van der Waals surface area contributed by atoms with Crippen LogP contribution in [0, 0.1) is 0 Å². The van der Waals surface area contributed by atoms with Gasteiger partial charge in [-0.05, 0) is 177 Å². The van der Waals surface area contributed by atoms with E-state index in [0.717, 1.165) is 0 Å². The van der Waals surface area contributed by atoms with Crippen molar-refractivity contribution in [3.8, 4) is 22.3 Å². The first kappa shape index (κ1) is 32.3. The molecule has 0 amide bonds. The van der Waals surface area contributed by atoms with Gasteiger partial charge < -0.3 is 0 Å². The normalized spacial score (nSPS) is 12.8. The van der Waals surface area contributed by atoms with Crippen molar-refractivity contribution >= 4 is 108 Å². The number of hydrogen-bond acceptors (Lipinski definition) is 0. The molecule has 0 aliphatic rings. The zero-order valence-electron chi connectivity index (χ0n) is 33.2. The van der Waals surface area contributed by atoms with Crippen LogP contribution in [0.2, 0.25) is 0 Å². The van der Waals surface area contributed by atoms with E-state index < -0.39 is 0 Å². The van der Waals surface area contributed by atoms with Crippen molar-refractivity contribution in [3.05, 3.63) is 169 Å². The van der Waals surface area contributed by atoms with Crippen molar-refractivity contribution in [2.45, 2.75) is 39.5 Å². The van der Waals surface area contributed by atoms with Crippen LogP contribution in [-0.4, -0.2) is 0 Å². The Morgan fingerprint density at radius 1 is 0.259 bits per heavy atom. The average Bonchev–Trinajstić information content (AvgIpc) is 3.75. The van der Waals surface area contributed by atoms with E-state index in [4.69, 9.17) is 0 Å². The Balaban J connectivity index is 1.34. The molecule has 0 unspecified atom stereocenters. The molecule has 0 aromatic heterocycles. The number of benzene rings is 11. The highest BCUT2D eigenvalue weighted by molar-refractivity contribution is 6.46. The third-order valence-corrected chi connectivity index (χ3v) is 13.8. The van der Waals surface area contributed by atoms with Gasteiger partial charge in [-0.1, -0.05) is 161 Å². The Morgan fingerprint density at radius 3 is 1.45 bits per heavy atom. The van der Waals surface area contributed by atoms with E-state index in [1.165, 1.54) is 141 Å². The first-order valence-corrected chi connectivity index (χ1v) is 21.0. The molecule has 0 heterocycles. The highest BCUT2D eigenvalue weighted by Crippen LogP contribution is 2.56. The molecule has 0 heteroatoms. The van der Waals surface area contributed by atoms with Crippen molar-refractivity contribution in [2.24, 2.45) is 0 Å². The molecule has 58 heavy (non-hydrogen) atoms. The van der Waals surface area contributed by atoms with E-state index in [1.807, 2.05) is 0 Å². The second kappa shape index (κ2) is 11.4. The summed E-state index contributed by atoms with van der Waals surface area (Å²) in [4.78, 5) is 0. The van der Waals surface area contributed by atoms with Gasteiger partial charge in [-0.2, -0.15) is 0 Å². The number of fused-ring (bicyclic) bond motifs is 9. The molecule has 0 aliphatic carbocycles. The lowest BCUT2D eigenvalue weighted by Crippen LogP contribution is -1.98. The van der Waals surface area contributed by atoms with Gasteiger partial charge in [-0.25, -0.2) is 0 Å². The fourth-order valence-electron chi connectivity index (χ4n) is 11.3. The summed E-state index contributed by atoms with van der Waals surface area (Å²) in [6.07, 6.45) is 0. The Morgan fingerprint density at radius 2 is 0.776 bits per heavy atom. The summed E-state index contributed by atoms with van der Waals surface area (Å²) in [5.41, 5.74) is 8.08. The van der Waals surface area contributed by atoms with Crippen LogP contribution in [0.5, 0.6) is 0 Å². The van der Waals surface area contributed by atoms with Crippen LogP contribution in [0.4, 0.5) is 0 Å². The van der Waals surface area contributed by atoms with Crippen LogP contribution in [0.25, 0.3) is 130 Å². The van der Waals surface area contributed by atoms with Crippen LogP contribution in [0.3, 0.4) is 0 Å². The van der Waals surface area contributed by atoms with Crippen LogP contribution in [-0.2, 0) is 0 Å². The summed E-state index contributed by atoms with van der Waals surface area (Å²) in [6, 6.07) is 60.6. The summed E-state index contributed by atoms with van der Waals surface area (Å²) in [7, 11) is 0. The van der Waals surface area contributed by atoms with Crippen molar-refractivity contribution in [1.29, 1.82) is 0 Å². The fourth-order valence-corrected chi connectivity index (χ4v) is 11.3. The van der Waals surface area contributed by atoms with Gasteiger partial charge >= 0.3 is 0 Å². The zero-order chi connectivity index (χ0) is 38.6. The van der Waals surface area contributed by atoms with Crippen LogP contribution in [0.15, 0.2) is 158 Å². The quantitative estimate of drug-likeness (QED) is 0.158. The number of hydrogen-bond donors (Lipinski definition) is 0. The predicted molar refractivity (Wildman–Crippen MR) is 254 cm³/mol. The first-order valence-electron chi connectivity index (χ1n) is 21.0. The molecule has 0 radical (unpaired) electrons. The molecule has 0 fully saturated rings. The van der Waals surface area contributed by atoms with E-state index >= 15 is 0 Å². The molecular weight excluding hydrogens is 697 g/mol. The van der Waals surface area contributed by atoms with Crippen molar-refractivity contribution in [3.63, 3.8) is 0 Å². The summed E-state index contributed by atoms with van der Waals surface area (Å²) in [5.74, 6) is 0.821. The minimum absolute atomic E-state index is 0.392. The minimum atomic E-state index is 0.392. The van der Waals surface area contributed by atoms with E-state index in [0.29, 0.717) is 11.8 Å². The number of rotatable bonds is 4. The summed E-state index contributed by atoms with van der Waals surface area (Å²) in [5, 5.41) is 27.1. The van der Waals surface area contributed by atoms with Crippen molar-refractivity contribution in [1.82, 2.24) is 0 Å². The third kappa shape index (κ3) is 4.05. The van der Waals surface area contributed by atoms with Gasteiger partial charge in [0.2, 0.25) is 0 Å². The summed E-state index contributed by atoms with van der Waals surface area (Å²) < 4.78 is 0. The maximum absolute atomic E-state index is 2.60. The monoisotopic (exact) mass is 736 g/mol. The maximum atomic E-state index is 2.60. The highest BCUT2D eigenvalue weighted by atomic mass is 14.3. The van der Waals surface area contributed by atoms with Gasteiger partial charge in [0.15, 0.2) is 0 Å². The van der Waals surface area contributed by atoms with Crippen LogP contribution in [0.1, 0.15) is 50.7 Å². The van der Waals surface area contributed by atoms with Gasteiger partial charge in [0.1, 0.15) is 0 Å². The van der Waals surface area contributed by atoms with Crippen LogP contribution >= 0.6 is 0 Å². The molecule has 13 aromatic rings. The molecule has 0 spiro atoms. The van der Waals surface area contributed by atoms with Crippen LogP contribution < -0.4 is 0 Å². The molecule has 0 N–H and O–H groups in total. The predicted octanol–water partition coefficient (Wildman–Crippen LogP) is 17.1. The lowest BCUT2D eigenvalue weighted by molar-refractivity contribution is 0.847. The van der Waals surface area contributed by atoms with Gasteiger partial charge in [0.25, 0.3) is 0 Å². The average molecular weight is 737 g/mol. The van der Waals surface area contributed by atoms with E-state index in [1.54, 1.807) is 0 Å². The molecule has 0 saturated carbocycles. The second-order valence-electron chi connectivity index (χ2n) is 17.5. The molecule has 13 rings (SSSR count). The molecule has 0 saturated heterocycles. The lowest BCUT2D eigenvalue weighted by atomic mass is 9.83. The van der Waals surface area contributed by atoms with E-state index in [9.17, 15) is 0 Å². The first-order chi connectivity index (χ1) is 28.5. The minimum Gasteiger partial charge on any atom is -0.0622 e. The topological polar surface area (TPSA) is 0 Å². The molecule has 0 nitrogen and oxygen atoms in total. The Hall–Kier alpha value is -6.76. The molecule has 0 aliphatic heterocycles. The summed E-state index contributed by atoms with van der Waals surface area (Å²) >= 11 is 0. The fraction of sp³-hybridized carbons (Fsp3) is 0.103. The van der Waals surface area contributed by atoms with Gasteiger partial charge in [-0.15, -0.1) is 0 Å². The highest BCUT2D eigenvalue weighted by Gasteiger charge is 2.28. The maximum Gasteiger partial charge on any atom is -0.000718 e. The molecule has 0 bridgehead atoms. The molecule has 13 aromatic carbocycles. The SMILES string of the molecule is CC(C)c1cc(C(C)C)c2cc3c4c(-c5ccccc5)c5cc6c(cc5c(-c5ccccc5)c4c4ccc5ccc1c2c5c43)c1cc2ccccc2c2cccc6c21. The standard InChI is InChI=1S/C58H40/c1-31(2)42-27-43(32(3)4)47-30-50-56-41(25-23-35-22-24-40(42)55(47)53(35)56)57-51(33-14-7-5-8-15-33)49-29-45-44(28-48(49)52(58(50)57)34-16-9-6-10-17-34)39-21-13-20-38-37-19-12-11-18-36(37)26-46(45)54(38)39/h5-32H,1-4H3. The molecular formula is C58H40. The zero-order valence-corrected chi connectivity index (χ0v) is 33.2. The van der Waals surface area contributed by atoms with E-state index in [2.05, 4.69) is 185 Å². The Bertz CT molecular complexity index is 3810. The molecule has 272 valence electrons. The second-order valence-corrected chi connectivity index (χ2v) is 17.5. The summed E-state index contributed by atoms with van der Waals surface area (Å²) in [6.45, 7) is 9.44. The largest absolute Gasteiger partial charge is 0.0622 e. The van der Waals surface area contributed by atoms with Gasteiger partial charge in [0, 0.05) is 0 Å². The van der Waals surface area contributed by atoms with Gasteiger partial charge in [0.05, 0.1) is 0 Å². The lowest BCUT2D eigenvalue weighted by Gasteiger charge is -2.21. The van der Waals surface area contributed by atoms with E-state index in [-0.39, 0.29) is 0 Å². The Kier molecular flexibility index (Phi) is 6.37. The third-order valence-electron chi connectivity index (χ3n) is 13.8.